The van der Waals surface area contributed by atoms with Gasteiger partial charge in [-0.25, -0.2) is 8.42 Å². The first-order chi connectivity index (χ1) is 14.8. The van der Waals surface area contributed by atoms with Gasteiger partial charge in [0, 0.05) is 19.6 Å². The van der Waals surface area contributed by atoms with Gasteiger partial charge in [0.15, 0.2) is 0 Å². The Morgan fingerprint density at radius 1 is 1.06 bits per heavy atom. The van der Waals surface area contributed by atoms with Gasteiger partial charge in [-0.05, 0) is 62.6 Å². The van der Waals surface area contributed by atoms with Gasteiger partial charge >= 0.3 is 0 Å². The van der Waals surface area contributed by atoms with Gasteiger partial charge in [-0.3, -0.25) is 4.79 Å². The zero-order valence-electron chi connectivity index (χ0n) is 17.9. The third-order valence-corrected chi connectivity index (χ3v) is 7.36. The van der Waals surface area contributed by atoms with Crippen LogP contribution in [-0.2, 0) is 16.6 Å². The average molecular weight is 465 g/mol. The third kappa shape index (κ3) is 6.21. The number of hydrogen-bond donors (Lipinski definition) is 1. The number of amides is 1. The number of halogens is 1. The van der Waals surface area contributed by atoms with Crippen molar-refractivity contribution in [3.05, 3.63) is 58.6 Å². The molecule has 3 rings (SSSR count). The van der Waals surface area contributed by atoms with Crippen LogP contribution in [0.3, 0.4) is 0 Å². The van der Waals surface area contributed by atoms with Crippen molar-refractivity contribution in [3.63, 3.8) is 0 Å². The number of ether oxygens (including phenoxy) is 1. The monoisotopic (exact) mass is 464 g/mol. The quantitative estimate of drug-likeness (QED) is 0.648. The first kappa shape index (κ1) is 23.6. The fourth-order valence-corrected chi connectivity index (χ4v) is 5.25. The maximum atomic E-state index is 13.1. The van der Waals surface area contributed by atoms with Crippen LogP contribution in [0.2, 0.25) is 5.02 Å². The molecule has 0 unspecified atom stereocenters. The Morgan fingerprint density at radius 2 is 1.71 bits per heavy atom. The lowest BCUT2D eigenvalue weighted by Crippen LogP contribution is -2.32. The summed E-state index contributed by atoms with van der Waals surface area (Å²) in [6.07, 6.45) is 3.85. The van der Waals surface area contributed by atoms with Gasteiger partial charge < -0.3 is 10.1 Å². The van der Waals surface area contributed by atoms with Crippen LogP contribution in [0, 0.1) is 0 Å². The summed E-state index contributed by atoms with van der Waals surface area (Å²) >= 11 is 6.22. The predicted octanol–water partition coefficient (Wildman–Crippen LogP) is 4.62. The number of rotatable bonds is 7. The Morgan fingerprint density at radius 3 is 2.32 bits per heavy atom. The second kappa shape index (κ2) is 10.5. The highest BCUT2D eigenvalue weighted by atomic mass is 35.5. The molecular weight excluding hydrogens is 436 g/mol. The lowest BCUT2D eigenvalue weighted by atomic mass is 10.2. The smallest absolute Gasteiger partial charge is 0.253 e. The standard InChI is InChI=1S/C23H29ClN2O4S/c1-17(2)30-19-9-7-18(8-10-19)16-25-23(27)21-15-20(11-12-22(21)24)31(28,29)26-13-5-3-4-6-14-26/h7-12,15,17H,3-6,13-14,16H2,1-2H3,(H,25,27). The molecule has 0 atom stereocenters. The van der Waals surface area contributed by atoms with E-state index in [1.54, 1.807) is 0 Å². The number of benzene rings is 2. The molecule has 6 nitrogen and oxygen atoms in total. The maximum Gasteiger partial charge on any atom is 0.253 e. The van der Waals surface area contributed by atoms with Gasteiger partial charge in [0.05, 0.1) is 21.6 Å². The van der Waals surface area contributed by atoms with E-state index in [0.29, 0.717) is 19.6 Å². The second-order valence-electron chi connectivity index (χ2n) is 7.95. The van der Waals surface area contributed by atoms with Gasteiger partial charge in [0.1, 0.15) is 5.75 Å². The first-order valence-corrected chi connectivity index (χ1v) is 12.4. The SMILES string of the molecule is CC(C)Oc1ccc(CNC(=O)c2cc(S(=O)(=O)N3CCCCCC3)ccc2Cl)cc1. The largest absolute Gasteiger partial charge is 0.491 e. The van der Waals surface area contributed by atoms with Crippen molar-refractivity contribution in [1.82, 2.24) is 9.62 Å². The van der Waals surface area contributed by atoms with Crippen molar-refractivity contribution in [2.75, 3.05) is 13.1 Å². The molecule has 1 aliphatic rings. The van der Waals surface area contributed by atoms with E-state index in [2.05, 4.69) is 5.32 Å². The minimum absolute atomic E-state index is 0.0885. The van der Waals surface area contributed by atoms with Crippen molar-refractivity contribution in [3.8, 4) is 5.75 Å². The van der Waals surface area contributed by atoms with Crippen LogP contribution in [0.4, 0.5) is 0 Å². The molecule has 0 bridgehead atoms. The molecule has 0 spiro atoms. The fraction of sp³-hybridized carbons (Fsp3) is 0.435. The van der Waals surface area contributed by atoms with E-state index in [9.17, 15) is 13.2 Å². The minimum atomic E-state index is -3.66. The number of nitrogens with one attached hydrogen (secondary N) is 1. The zero-order chi connectivity index (χ0) is 22.4. The van der Waals surface area contributed by atoms with Crippen molar-refractivity contribution in [1.29, 1.82) is 0 Å². The third-order valence-electron chi connectivity index (χ3n) is 5.13. The number of nitrogens with zero attached hydrogens (tertiary/aromatic N) is 1. The Kier molecular flexibility index (Phi) is 7.97. The molecule has 1 aliphatic heterocycles. The molecule has 0 radical (unpaired) electrons. The van der Waals surface area contributed by atoms with Crippen LogP contribution in [0.25, 0.3) is 0 Å². The summed E-state index contributed by atoms with van der Waals surface area (Å²) in [4.78, 5) is 12.8. The van der Waals surface area contributed by atoms with Crippen molar-refractivity contribution < 1.29 is 17.9 Å². The molecule has 1 amide bonds. The van der Waals surface area contributed by atoms with E-state index in [-0.39, 0.29) is 21.6 Å². The molecule has 168 valence electrons. The summed E-state index contributed by atoms with van der Waals surface area (Å²) < 4.78 is 33.2. The Balaban J connectivity index is 1.71. The zero-order valence-corrected chi connectivity index (χ0v) is 19.5. The summed E-state index contributed by atoms with van der Waals surface area (Å²) in [5.41, 5.74) is 1.05. The summed E-state index contributed by atoms with van der Waals surface area (Å²) in [7, 11) is -3.66. The lowest BCUT2D eigenvalue weighted by molar-refractivity contribution is 0.0951. The number of carbonyl (C=O) groups excluding carboxylic acids is 1. The molecule has 1 saturated heterocycles. The molecule has 1 heterocycles. The number of sulfonamides is 1. The number of hydrogen-bond acceptors (Lipinski definition) is 4. The summed E-state index contributed by atoms with van der Waals surface area (Å²) in [6, 6.07) is 11.8. The lowest BCUT2D eigenvalue weighted by Gasteiger charge is -2.20. The fourth-order valence-electron chi connectivity index (χ4n) is 3.51. The molecule has 31 heavy (non-hydrogen) atoms. The van der Waals surface area contributed by atoms with E-state index in [1.165, 1.54) is 22.5 Å². The van der Waals surface area contributed by atoms with Crippen molar-refractivity contribution in [2.45, 2.75) is 57.1 Å². The van der Waals surface area contributed by atoms with E-state index in [1.807, 2.05) is 38.1 Å². The molecule has 2 aromatic rings. The topological polar surface area (TPSA) is 75.7 Å². The minimum Gasteiger partial charge on any atom is -0.491 e. The highest BCUT2D eigenvalue weighted by molar-refractivity contribution is 7.89. The summed E-state index contributed by atoms with van der Waals surface area (Å²) in [5, 5.41) is 3.03. The summed E-state index contributed by atoms with van der Waals surface area (Å²) in [6.45, 7) is 5.21. The maximum absolute atomic E-state index is 13.1. The van der Waals surface area contributed by atoms with E-state index >= 15 is 0 Å². The van der Waals surface area contributed by atoms with Gasteiger partial charge in [0.25, 0.3) is 5.91 Å². The van der Waals surface area contributed by atoms with Crippen LogP contribution < -0.4 is 10.1 Å². The molecule has 8 heteroatoms. The molecule has 0 aliphatic carbocycles. The second-order valence-corrected chi connectivity index (χ2v) is 10.3. The van der Waals surface area contributed by atoms with Gasteiger partial charge in [-0.1, -0.05) is 36.6 Å². The van der Waals surface area contributed by atoms with E-state index in [4.69, 9.17) is 16.3 Å². The van der Waals surface area contributed by atoms with E-state index < -0.39 is 15.9 Å². The molecule has 0 aromatic heterocycles. The van der Waals surface area contributed by atoms with Crippen LogP contribution in [0.15, 0.2) is 47.4 Å². The van der Waals surface area contributed by atoms with Gasteiger partial charge in [0.2, 0.25) is 10.0 Å². The number of carbonyl (C=O) groups is 1. The molecule has 1 N–H and O–H groups in total. The molecular formula is C23H29ClN2O4S. The average Bonchev–Trinajstić information content (AvgIpc) is 3.03. The van der Waals surface area contributed by atoms with Crippen LogP contribution in [0.1, 0.15) is 55.5 Å². The highest BCUT2D eigenvalue weighted by Gasteiger charge is 2.26. The van der Waals surface area contributed by atoms with Crippen molar-refractivity contribution in [2.24, 2.45) is 0 Å². The van der Waals surface area contributed by atoms with Crippen molar-refractivity contribution >= 4 is 27.5 Å². The highest BCUT2D eigenvalue weighted by Crippen LogP contribution is 2.25. The van der Waals surface area contributed by atoms with Gasteiger partial charge in [-0.2, -0.15) is 4.31 Å². The normalized spacial score (nSPS) is 15.5. The summed E-state index contributed by atoms with van der Waals surface area (Å²) in [5.74, 6) is 0.347. The van der Waals surface area contributed by atoms with Crippen LogP contribution >= 0.6 is 11.6 Å². The van der Waals surface area contributed by atoms with E-state index in [0.717, 1.165) is 37.0 Å². The Labute approximate surface area is 189 Å². The molecule has 0 saturated carbocycles. The van der Waals surface area contributed by atoms with Gasteiger partial charge in [-0.15, -0.1) is 0 Å². The van der Waals surface area contributed by atoms with Crippen LogP contribution in [0.5, 0.6) is 5.75 Å². The molecule has 1 fully saturated rings. The molecule has 2 aromatic carbocycles. The Bertz CT molecular complexity index is 999. The predicted molar refractivity (Wildman–Crippen MR) is 122 cm³/mol. The first-order valence-electron chi connectivity index (χ1n) is 10.6. The van der Waals surface area contributed by atoms with Crippen LogP contribution in [-0.4, -0.2) is 37.8 Å². The Hall–Kier alpha value is -2.09.